The molecule has 2 aromatic carbocycles. The van der Waals surface area contributed by atoms with Crippen LogP contribution in [-0.2, 0) is 11.2 Å². The number of rotatable bonds is 4. The van der Waals surface area contributed by atoms with E-state index in [2.05, 4.69) is 32.7 Å². The van der Waals surface area contributed by atoms with Crippen LogP contribution in [0.25, 0.3) is 0 Å². The molecule has 0 unspecified atom stereocenters. The van der Waals surface area contributed by atoms with Gasteiger partial charge in [0, 0.05) is 24.5 Å². The van der Waals surface area contributed by atoms with Gasteiger partial charge >= 0.3 is 0 Å². The average molecular weight is 378 g/mol. The highest BCUT2D eigenvalue weighted by Gasteiger charge is 2.22. The second-order valence-electron chi connectivity index (χ2n) is 6.22. The highest BCUT2D eigenvalue weighted by Crippen LogP contribution is 2.38. The summed E-state index contributed by atoms with van der Waals surface area (Å²) >= 11 is 1.22. The number of nitrogens with zero attached hydrogens (tertiary/aromatic N) is 2. The maximum absolute atomic E-state index is 12.6. The summed E-state index contributed by atoms with van der Waals surface area (Å²) in [6, 6.07) is 16.0. The number of nitrogens with one attached hydrogen (secondary N) is 2. The molecule has 1 aromatic heterocycles. The van der Waals surface area contributed by atoms with E-state index in [0.29, 0.717) is 5.13 Å². The Balaban J connectivity index is 1.58. The summed E-state index contributed by atoms with van der Waals surface area (Å²) in [4.78, 5) is 30.1. The average Bonchev–Trinajstić information content (AvgIpc) is 3.29. The molecular formula is C20H18N4O2S. The lowest BCUT2D eigenvalue weighted by Gasteiger charge is -2.22. The summed E-state index contributed by atoms with van der Waals surface area (Å²) in [5.74, 6) is -0.517. The van der Waals surface area contributed by atoms with E-state index in [1.807, 2.05) is 36.4 Å². The van der Waals surface area contributed by atoms with Gasteiger partial charge in [0.25, 0.3) is 5.91 Å². The van der Waals surface area contributed by atoms with Crippen molar-refractivity contribution in [3.63, 3.8) is 0 Å². The van der Waals surface area contributed by atoms with Crippen molar-refractivity contribution in [2.45, 2.75) is 13.3 Å². The number of anilines is 4. The van der Waals surface area contributed by atoms with Gasteiger partial charge in [-0.3, -0.25) is 9.59 Å². The van der Waals surface area contributed by atoms with Crippen molar-refractivity contribution in [2.24, 2.45) is 0 Å². The lowest BCUT2D eigenvalue weighted by molar-refractivity contribution is -0.114. The summed E-state index contributed by atoms with van der Waals surface area (Å²) < 4.78 is 0. The maximum atomic E-state index is 12.6. The van der Waals surface area contributed by atoms with Gasteiger partial charge in [0.15, 0.2) is 5.13 Å². The second-order valence-corrected chi connectivity index (χ2v) is 7.08. The predicted molar refractivity (Wildman–Crippen MR) is 108 cm³/mol. The standard InChI is InChI=1S/C20H18N4O2S/c1-13(25)21-20-23-16(12-27-20)19(26)22-15-7-3-5-9-18(15)24-11-10-14-6-2-4-8-17(14)24/h2-9,12H,10-11H2,1H3,(H,22,26)(H,21,23,25). The largest absolute Gasteiger partial charge is 0.339 e. The molecule has 0 saturated heterocycles. The van der Waals surface area contributed by atoms with Crippen molar-refractivity contribution >= 4 is 45.3 Å². The molecule has 7 heteroatoms. The van der Waals surface area contributed by atoms with Gasteiger partial charge in [0.1, 0.15) is 5.69 Å². The minimum absolute atomic E-state index is 0.214. The molecule has 6 nitrogen and oxygen atoms in total. The minimum Gasteiger partial charge on any atom is -0.339 e. The number of benzene rings is 2. The Labute approximate surface area is 160 Å². The first-order chi connectivity index (χ1) is 13.1. The summed E-state index contributed by atoms with van der Waals surface area (Å²) in [7, 11) is 0. The Hall–Kier alpha value is -3.19. The zero-order valence-corrected chi connectivity index (χ0v) is 15.5. The van der Waals surface area contributed by atoms with Gasteiger partial charge in [0.05, 0.1) is 11.4 Å². The smallest absolute Gasteiger partial charge is 0.275 e. The van der Waals surface area contributed by atoms with Crippen molar-refractivity contribution in [3.8, 4) is 0 Å². The summed E-state index contributed by atoms with van der Waals surface area (Å²) in [6.07, 6.45) is 0.977. The van der Waals surface area contributed by atoms with E-state index in [1.165, 1.54) is 29.5 Å². The van der Waals surface area contributed by atoms with Crippen LogP contribution in [0.2, 0.25) is 0 Å². The lowest BCUT2D eigenvalue weighted by atomic mass is 10.1. The van der Waals surface area contributed by atoms with Crippen LogP contribution in [0, 0.1) is 0 Å². The number of aromatic nitrogens is 1. The molecule has 0 spiro atoms. The predicted octanol–water partition coefficient (Wildman–Crippen LogP) is 4.05. The number of amides is 2. The molecule has 27 heavy (non-hydrogen) atoms. The highest BCUT2D eigenvalue weighted by atomic mass is 32.1. The van der Waals surface area contributed by atoms with Gasteiger partial charge in [-0.15, -0.1) is 11.3 Å². The summed E-state index contributed by atoms with van der Waals surface area (Å²) in [5.41, 5.74) is 4.43. The normalized spacial score (nSPS) is 12.6. The van der Waals surface area contributed by atoms with E-state index >= 15 is 0 Å². The minimum atomic E-state index is -0.303. The Morgan fingerprint density at radius 2 is 1.78 bits per heavy atom. The van der Waals surface area contributed by atoms with Crippen LogP contribution in [0.15, 0.2) is 53.9 Å². The van der Waals surface area contributed by atoms with Crippen LogP contribution in [0.3, 0.4) is 0 Å². The fourth-order valence-corrected chi connectivity index (χ4v) is 3.91. The number of hydrogen-bond donors (Lipinski definition) is 2. The highest BCUT2D eigenvalue weighted by molar-refractivity contribution is 7.14. The van der Waals surface area contributed by atoms with E-state index in [9.17, 15) is 9.59 Å². The van der Waals surface area contributed by atoms with Gasteiger partial charge in [0.2, 0.25) is 5.91 Å². The van der Waals surface area contributed by atoms with Crippen molar-refractivity contribution in [2.75, 3.05) is 22.1 Å². The van der Waals surface area contributed by atoms with Crippen molar-refractivity contribution in [1.29, 1.82) is 0 Å². The Morgan fingerprint density at radius 1 is 1.04 bits per heavy atom. The van der Waals surface area contributed by atoms with Gasteiger partial charge in [-0.05, 0) is 30.2 Å². The van der Waals surface area contributed by atoms with Crippen LogP contribution >= 0.6 is 11.3 Å². The quantitative estimate of drug-likeness (QED) is 0.718. The number of carbonyl (C=O) groups excluding carboxylic acids is 2. The number of para-hydroxylation sites is 3. The van der Waals surface area contributed by atoms with Crippen molar-refractivity contribution in [3.05, 3.63) is 65.2 Å². The maximum Gasteiger partial charge on any atom is 0.275 e. The number of fused-ring (bicyclic) bond motifs is 1. The number of thiazole rings is 1. The molecule has 0 aliphatic carbocycles. The third-order valence-electron chi connectivity index (χ3n) is 4.35. The van der Waals surface area contributed by atoms with Crippen LogP contribution in [0.5, 0.6) is 0 Å². The SMILES string of the molecule is CC(=O)Nc1nc(C(=O)Nc2ccccc2N2CCc3ccccc32)cs1. The molecule has 0 saturated carbocycles. The third-order valence-corrected chi connectivity index (χ3v) is 5.11. The monoisotopic (exact) mass is 378 g/mol. The molecule has 0 atom stereocenters. The molecule has 0 radical (unpaired) electrons. The van der Waals surface area contributed by atoms with Crippen LogP contribution in [-0.4, -0.2) is 23.3 Å². The van der Waals surface area contributed by atoms with Crippen molar-refractivity contribution in [1.82, 2.24) is 4.98 Å². The molecule has 1 aliphatic rings. The van der Waals surface area contributed by atoms with Gasteiger partial charge in [-0.25, -0.2) is 4.98 Å². The molecule has 0 bridgehead atoms. The molecule has 2 heterocycles. The lowest BCUT2D eigenvalue weighted by Crippen LogP contribution is -2.18. The zero-order chi connectivity index (χ0) is 18.8. The fraction of sp³-hybridized carbons (Fsp3) is 0.150. The van der Waals surface area contributed by atoms with Crippen LogP contribution in [0.1, 0.15) is 23.0 Å². The van der Waals surface area contributed by atoms with Gasteiger partial charge in [-0.2, -0.15) is 0 Å². The Morgan fingerprint density at radius 3 is 2.59 bits per heavy atom. The van der Waals surface area contributed by atoms with E-state index in [1.54, 1.807) is 5.38 Å². The number of hydrogen-bond acceptors (Lipinski definition) is 5. The first kappa shape index (κ1) is 17.2. The summed E-state index contributed by atoms with van der Waals surface area (Å²) in [5, 5.41) is 7.59. The Bertz CT molecular complexity index is 1010. The molecule has 3 aromatic rings. The molecule has 2 amide bonds. The van der Waals surface area contributed by atoms with Crippen LogP contribution in [0.4, 0.5) is 22.2 Å². The molecule has 2 N–H and O–H groups in total. The molecule has 0 fully saturated rings. The van der Waals surface area contributed by atoms with E-state index in [-0.39, 0.29) is 17.5 Å². The fourth-order valence-electron chi connectivity index (χ4n) is 3.18. The van der Waals surface area contributed by atoms with Gasteiger partial charge in [-0.1, -0.05) is 30.3 Å². The first-order valence-corrected chi connectivity index (χ1v) is 9.49. The first-order valence-electron chi connectivity index (χ1n) is 8.61. The molecular weight excluding hydrogens is 360 g/mol. The third kappa shape index (κ3) is 3.54. The molecule has 4 rings (SSSR count). The summed E-state index contributed by atoms with van der Waals surface area (Å²) in [6.45, 7) is 2.28. The van der Waals surface area contributed by atoms with Gasteiger partial charge < -0.3 is 15.5 Å². The van der Waals surface area contributed by atoms with Crippen molar-refractivity contribution < 1.29 is 9.59 Å². The Kier molecular flexibility index (Phi) is 4.60. The van der Waals surface area contributed by atoms with E-state index in [0.717, 1.165) is 24.3 Å². The number of carbonyl (C=O) groups is 2. The molecule has 136 valence electrons. The van der Waals surface area contributed by atoms with Crippen LogP contribution < -0.4 is 15.5 Å². The van der Waals surface area contributed by atoms with E-state index in [4.69, 9.17) is 0 Å². The zero-order valence-electron chi connectivity index (χ0n) is 14.7. The molecule has 1 aliphatic heterocycles. The second kappa shape index (κ2) is 7.20. The van der Waals surface area contributed by atoms with E-state index < -0.39 is 0 Å². The topological polar surface area (TPSA) is 74.3 Å².